The van der Waals surface area contributed by atoms with Crippen molar-refractivity contribution in [3.8, 4) is 0 Å². The second-order valence-corrected chi connectivity index (χ2v) is 13.5. The molecule has 0 N–H and O–H groups in total. The van der Waals surface area contributed by atoms with E-state index in [4.69, 9.17) is 11.6 Å². The van der Waals surface area contributed by atoms with Crippen LogP contribution in [0.25, 0.3) is 21.8 Å². The molecule has 2 aliphatic heterocycles. The first-order valence-corrected chi connectivity index (χ1v) is 17.1. The number of aromatic nitrogens is 1. The summed E-state index contributed by atoms with van der Waals surface area (Å²) in [6.45, 7) is 7.16. The quantitative estimate of drug-likeness (QED) is 0.177. The van der Waals surface area contributed by atoms with Gasteiger partial charge < -0.3 is 9.47 Å². The molecule has 46 heavy (non-hydrogen) atoms. The molecule has 1 aromatic heterocycles. The van der Waals surface area contributed by atoms with Gasteiger partial charge in [0.1, 0.15) is 0 Å². The highest BCUT2D eigenvalue weighted by Crippen LogP contribution is 2.44. The van der Waals surface area contributed by atoms with Gasteiger partial charge in [0.15, 0.2) is 0 Å². The number of piperazine rings is 1. The molecule has 232 valence electrons. The number of nitrogens with zero attached hydrogens (tertiary/aromatic N) is 4. The first-order chi connectivity index (χ1) is 22.6. The molecule has 4 nitrogen and oxygen atoms in total. The molecule has 5 aromatic carbocycles. The van der Waals surface area contributed by atoms with Crippen molar-refractivity contribution in [2.75, 3.05) is 44.2 Å². The smallest absolute Gasteiger partial charge is 0.0488 e. The van der Waals surface area contributed by atoms with Gasteiger partial charge in [-0.25, -0.2) is 0 Å². The third-order valence-electron chi connectivity index (χ3n) is 10.4. The van der Waals surface area contributed by atoms with Crippen LogP contribution in [0.3, 0.4) is 0 Å². The zero-order valence-electron chi connectivity index (χ0n) is 26.5. The molecule has 2 aliphatic rings. The summed E-state index contributed by atoms with van der Waals surface area (Å²) in [5.41, 5.74) is 9.62. The van der Waals surface area contributed by atoms with E-state index < -0.39 is 0 Å². The molecule has 0 bridgehead atoms. The van der Waals surface area contributed by atoms with E-state index in [0.717, 1.165) is 57.3 Å². The number of anilines is 1. The van der Waals surface area contributed by atoms with Crippen molar-refractivity contribution in [1.29, 1.82) is 0 Å². The summed E-state index contributed by atoms with van der Waals surface area (Å²) in [6, 6.07) is 44.9. The maximum atomic E-state index is 6.35. The molecule has 0 spiro atoms. The van der Waals surface area contributed by atoms with Crippen molar-refractivity contribution in [2.24, 2.45) is 7.05 Å². The van der Waals surface area contributed by atoms with Crippen LogP contribution in [-0.4, -0.2) is 53.6 Å². The van der Waals surface area contributed by atoms with E-state index in [1.807, 2.05) is 6.07 Å². The molecule has 0 amide bonds. The number of aryl methyl sites for hydroxylation is 1. The first-order valence-electron chi connectivity index (χ1n) is 16.7. The summed E-state index contributed by atoms with van der Waals surface area (Å²) < 4.78 is 2.34. The van der Waals surface area contributed by atoms with Gasteiger partial charge in [0.2, 0.25) is 0 Å². The SMILES string of the molecule is Cn1c2ccccc2c2cc([C@@H]3[C@@H](CN4CCN(c5cccc(Cl)c5)CC4)c4ccccc4CN3CCc3ccccc3)ccc21. The average Bonchev–Trinajstić information content (AvgIpc) is 3.39. The second kappa shape index (κ2) is 12.6. The fourth-order valence-electron chi connectivity index (χ4n) is 8.07. The van der Waals surface area contributed by atoms with Crippen LogP contribution in [0.5, 0.6) is 0 Å². The molecule has 0 aliphatic carbocycles. The molecule has 0 saturated carbocycles. The van der Waals surface area contributed by atoms with E-state index in [-0.39, 0.29) is 6.04 Å². The molecule has 3 heterocycles. The Morgan fingerprint density at radius 3 is 2.30 bits per heavy atom. The number of hydrogen-bond acceptors (Lipinski definition) is 3. The van der Waals surface area contributed by atoms with Crippen LogP contribution in [0.15, 0.2) is 121 Å². The number of halogens is 1. The van der Waals surface area contributed by atoms with Gasteiger partial charge in [-0.2, -0.15) is 0 Å². The zero-order chi connectivity index (χ0) is 31.0. The Morgan fingerprint density at radius 1 is 0.696 bits per heavy atom. The van der Waals surface area contributed by atoms with Gasteiger partial charge in [-0.3, -0.25) is 9.80 Å². The Balaban J connectivity index is 1.16. The van der Waals surface area contributed by atoms with Gasteiger partial charge >= 0.3 is 0 Å². The maximum absolute atomic E-state index is 6.35. The van der Waals surface area contributed by atoms with Crippen molar-refractivity contribution < 1.29 is 0 Å². The Hall–Kier alpha value is -4.09. The molecule has 0 radical (unpaired) electrons. The number of fused-ring (bicyclic) bond motifs is 4. The molecular weight excluding hydrogens is 584 g/mol. The molecule has 0 unspecified atom stereocenters. The summed E-state index contributed by atoms with van der Waals surface area (Å²) in [5.74, 6) is 0.367. The molecule has 1 saturated heterocycles. The molecular formula is C41H41ClN4. The maximum Gasteiger partial charge on any atom is 0.0488 e. The Labute approximate surface area is 277 Å². The Bertz CT molecular complexity index is 1970. The van der Waals surface area contributed by atoms with Crippen LogP contribution < -0.4 is 4.90 Å². The number of para-hydroxylation sites is 1. The van der Waals surface area contributed by atoms with Crippen molar-refractivity contribution >= 4 is 39.1 Å². The molecule has 1 fully saturated rings. The normalized spacial score (nSPS) is 19.1. The predicted octanol–water partition coefficient (Wildman–Crippen LogP) is 8.69. The lowest BCUT2D eigenvalue weighted by Gasteiger charge is -2.46. The van der Waals surface area contributed by atoms with E-state index in [0.29, 0.717) is 5.92 Å². The van der Waals surface area contributed by atoms with Gasteiger partial charge in [0.05, 0.1) is 0 Å². The van der Waals surface area contributed by atoms with Crippen LogP contribution in [-0.2, 0) is 20.0 Å². The fraction of sp³-hybridized carbons (Fsp3) is 0.268. The highest BCUT2D eigenvalue weighted by molar-refractivity contribution is 6.30. The van der Waals surface area contributed by atoms with Gasteiger partial charge in [-0.15, -0.1) is 0 Å². The van der Waals surface area contributed by atoms with Gasteiger partial charge in [0, 0.05) is 97.3 Å². The standard InChI is InChI=1S/C41H41ClN4/c1-43-39-17-8-7-16-36(39)37-26-31(18-19-40(37)43)41-38(29-44-22-24-45(25-23-44)34-14-9-13-33(42)27-34)35-15-6-5-12-32(35)28-46(41)21-20-30-10-3-2-4-11-30/h2-19,26-27,38,41H,20-25,28-29H2,1H3/t38-,41+/m0/s1. The predicted molar refractivity (Wildman–Crippen MR) is 193 cm³/mol. The lowest BCUT2D eigenvalue weighted by atomic mass is 9.79. The zero-order valence-corrected chi connectivity index (χ0v) is 27.3. The van der Waals surface area contributed by atoms with E-state index in [1.165, 1.54) is 49.7 Å². The van der Waals surface area contributed by atoms with Gasteiger partial charge in [-0.05, 0) is 65.1 Å². The largest absolute Gasteiger partial charge is 0.369 e. The van der Waals surface area contributed by atoms with Crippen molar-refractivity contribution in [2.45, 2.75) is 24.9 Å². The van der Waals surface area contributed by atoms with Crippen LogP contribution >= 0.6 is 11.6 Å². The Kier molecular flexibility index (Phi) is 8.03. The minimum atomic E-state index is 0.285. The van der Waals surface area contributed by atoms with Crippen molar-refractivity contribution in [3.63, 3.8) is 0 Å². The first kappa shape index (κ1) is 29.3. The number of benzene rings is 5. The minimum absolute atomic E-state index is 0.285. The number of rotatable bonds is 7. The van der Waals surface area contributed by atoms with E-state index >= 15 is 0 Å². The summed E-state index contributed by atoms with van der Waals surface area (Å²) in [5, 5.41) is 3.49. The van der Waals surface area contributed by atoms with Crippen LogP contribution in [0.2, 0.25) is 5.02 Å². The molecule has 8 rings (SSSR count). The second-order valence-electron chi connectivity index (χ2n) is 13.1. The Morgan fingerprint density at radius 2 is 1.46 bits per heavy atom. The van der Waals surface area contributed by atoms with Crippen molar-refractivity contribution in [1.82, 2.24) is 14.4 Å². The lowest BCUT2D eigenvalue weighted by Crippen LogP contribution is -2.49. The summed E-state index contributed by atoms with van der Waals surface area (Å²) in [4.78, 5) is 7.95. The van der Waals surface area contributed by atoms with Crippen molar-refractivity contribution in [3.05, 3.63) is 149 Å². The van der Waals surface area contributed by atoms with Crippen LogP contribution in [0.1, 0.15) is 34.2 Å². The highest BCUT2D eigenvalue weighted by atomic mass is 35.5. The van der Waals surface area contributed by atoms with Crippen LogP contribution in [0, 0.1) is 0 Å². The lowest BCUT2D eigenvalue weighted by molar-refractivity contribution is 0.118. The highest BCUT2D eigenvalue weighted by Gasteiger charge is 2.37. The average molecular weight is 625 g/mol. The number of hydrogen-bond donors (Lipinski definition) is 0. The van der Waals surface area contributed by atoms with Gasteiger partial charge in [-0.1, -0.05) is 96.5 Å². The third-order valence-corrected chi connectivity index (χ3v) is 10.6. The van der Waals surface area contributed by atoms with Gasteiger partial charge in [0.25, 0.3) is 0 Å². The molecule has 6 aromatic rings. The van der Waals surface area contributed by atoms with E-state index in [9.17, 15) is 0 Å². The third kappa shape index (κ3) is 5.60. The summed E-state index contributed by atoms with van der Waals surface area (Å²) in [6.07, 6.45) is 1.04. The minimum Gasteiger partial charge on any atom is -0.369 e. The topological polar surface area (TPSA) is 14.7 Å². The van der Waals surface area contributed by atoms with E-state index in [1.54, 1.807) is 0 Å². The van der Waals surface area contributed by atoms with Crippen LogP contribution in [0.4, 0.5) is 5.69 Å². The van der Waals surface area contributed by atoms with E-state index in [2.05, 4.69) is 142 Å². The summed E-state index contributed by atoms with van der Waals surface area (Å²) >= 11 is 6.35. The fourth-order valence-corrected chi connectivity index (χ4v) is 8.25. The monoisotopic (exact) mass is 624 g/mol. The summed E-state index contributed by atoms with van der Waals surface area (Å²) in [7, 11) is 2.19. The molecule has 2 atom stereocenters. The molecule has 5 heteroatoms.